The van der Waals surface area contributed by atoms with E-state index in [4.69, 9.17) is 4.55 Å². The average Bonchev–Trinajstić information content (AvgIpc) is 2.27. The number of urea groups is 1. The Morgan fingerprint density at radius 2 is 2.05 bits per heavy atom. The Balaban J connectivity index is 2.70. The van der Waals surface area contributed by atoms with E-state index in [2.05, 4.69) is 10.6 Å². The molecule has 0 aliphatic heterocycles. The summed E-state index contributed by atoms with van der Waals surface area (Å²) in [6.07, 6.45) is 3.31. The minimum Gasteiger partial charge on any atom is -0.315 e. The number of anilines is 1. The van der Waals surface area contributed by atoms with Gasteiger partial charge in [-0.1, -0.05) is 26.0 Å². The summed E-state index contributed by atoms with van der Waals surface area (Å²) in [6.45, 7) is 3.93. The third-order valence-electron chi connectivity index (χ3n) is 2.09. The molecule has 104 valence electrons. The molecule has 0 bridgehead atoms. The zero-order chi connectivity index (χ0) is 14.5. The first kappa shape index (κ1) is 15.2. The Morgan fingerprint density at radius 3 is 2.63 bits per heavy atom. The molecule has 0 aliphatic rings. The van der Waals surface area contributed by atoms with Crippen LogP contribution in [0.3, 0.4) is 0 Å². The lowest BCUT2D eigenvalue weighted by molar-refractivity contribution is 0.255. The molecular weight excluding hydrogens is 268 g/mol. The van der Waals surface area contributed by atoms with Crippen LogP contribution in [0.2, 0.25) is 0 Å². The second kappa shape index (κ2) is 6.35. The van der Waals surface area contributed by atoms with Gasteiger partial charge in [0, 0.05) is 11.9 Å². The lowest BCUT2D eigenvalue weighted by Gasteiger charge is -2.06. The molecule has 0 spiro atoms. The van der Waals surface area contributed by atoms with Crippen molar-refractivity contribution in [2.75, 3.05) is 5.32 Å². The fraction of sp³-hybridized carbons (Fsp3) is 0.250. The van der Waals surface area contributed by atoms with E-state index in [-0.39, 0.29) is 10.6 Å². The number of amides is 2. The molecule has 0 saturated heterocycles. The topological polar surface area (TPSA) is 95.5 Å². The van der Waals surface area contributed by atoms with Crippen LogP contribution in [0.4, 0.5) is 10.5 Å². The van der Waals surface area contributed by atoms with Gasteiger partial charge in [0.2, 0.25) is 0 Å². The highest BCUT2D eigenvalue weighted by molar-refractivity contribution is 7.85. The summed E-state index contributed by atoms with van der Waals surface area (Å²) in [6, 6.07) is 4.84. The van der Waals surface area contributed by atoms with Crippen molar-refractivity contribution in [3.05, 3.63) is 36.5 Å². The molecule has 3 N–H and O–H groups in total. The van der Waals surface area contributed by atoms with Gasteiger partial charge >= 0.3 is 6.03 Å². The fourth-order valence-corrected chi connectivity index (χ4v) is 1.74. The highest BCUT2D eigenvalue weighted by Crippen LogP contribution is 2.14. The van der Waals surface area contributed by atoms with E-state index >= 15 is 0 Å². The van der Waals surface area contributed by atoms with Crippen LogP contribution in [-0.4, -0.2) is 19.0 Å². The second-order valence-corrected chi connectivity index (χ2v) is 5.63. The number of hydrogen-bond acceptors (Lipinski definition) is 3. The van der Waals surface area contributed by atoms with E-state index in [1.165, 1.54) is 30.5 Å². The number of allylic oxidation sites excluding steroid dienone is 1. The Morgan fingerprint density at radius 1 is 1.37 bits per heavy atom. The second-order valence-electron chi connectivity index (χ2n) is 4.20. The van der Waals surface area contributed by atoms with Gasteiger partial charge in [-0.3, -0.25) is 4.55 Å². The predicted octanol–water partition coefficient (Wildman–Crippen LogP) is 2.22. The van der Waals surface area contributed by atoms with E-state index in [9.17, 15) is 13.2 Å². The maximum Gasteiger partial charge on any atom is 0.323 e. The fourth-order valence-electron chi connectivity index (χ4n) is 1.22. The molecule has 1 aromatic carbocycles. The van der Waals surface area contributed by atoms with Gasteiger partial charge in [0.05, 0.1) is 4.90 Å². The molecule has 0 fully saturated rings. The van der Waals surface area contributed by atoms with Crippen molar-refractivity contribution in [3.63, 3.8) is 0 Å². The van der Waals surface area contributed by atoms with Crippen LogP contribution in [0.25, 0.3) is 0 Å². The van der Waals surface area contributed by atoms with E-state index < -0.39 is 16.1 Å². The van der Waals surface area contributed by atoms with Gasteiger partial charge < -0.3 is 10.6 Å². The maximum absolute atomic E-state index is 11.5. The highest BCUT2D eigenvalue weighted by Gasteiger charge is 2.10. The molecule has 7 heteroatoms. The number of hydrogen-bond donors (Lipinski definition) is 3. The molecular formula is C12H16N2O4S. The average molecular weight is 284 g/mol. The Hall–Kier alpha value is -1.86. The third kappa shape index (κ3) is 5.54. The summed E-state index contributed by atoms with van der Waals surface area (Å²) in [7, 11) is -4.27. The van der Waals surface area contributed by atoms with Crippen LogP contribution in [0.15, 0.2) is 41.4 Å². The van der Waals surface area contributed by atoms with Gasteiger partial charge in [0.15, 0.2) is 0 Å². The largest absolute Gasteiger partial charge is 0.323 e. The van der Waals surface area contributed by atoms with E-state index in [1.807, 2.05) is 13.8 Å². The van der Waals surface area contributed by atoms with Crippen molar-refractivity contribution < 1.29 is 17.8 Å². The smallest absolute Gasteiger partial charge is 0.315 e. The molecule has 1 rings (SSSR count). The lowest BCUT2D eigenvalue weighted by atomic mass is 10.2. The Bertz CT molecular complexity index is 579. The van der Waals surface area contributed by atoms with Gasteiger partial charge in [-0.05, 0) is 24.1 Å². The van der Waals surface area contributed by atoms with Crippen LogP contribution in [-0.2, 0) is 10.1 Å². The molecule has 6 nitrogen and oxygen atoms in total. The molecule has 19 heavy (non-hydrogen) atoms. The lowest BCUT2D eigenvalue weighted by Crippen LogP contribution is -2.24. The number of rotatable bonds is 4. The molecule has 0 heterocycles. The zero-order valence-electron chi connectivity index (χ0n) is 10.6. The number of benzene rings is 1. The molecule has 2 amide bonds. The van der Waals surface area contributed by atoms with Crippen LogP contribution < -0.4 is 10.6 Å². The minimum absolute atomic E-state index is 0.269. The molecule has 0 unspecified atom stereocenters. The van der Waals surface area contributed by atoms with Crippen molar-refractivity contribution in [1.29, 1.82) is 0 Å². The summed E-state index contributed by atoms with van der Waals surface area (Å²) in [5.74, 6) is 0.308. The van der Waals surface area contributed by atoms with E-state index in [0.29, 0.717) is 5.92 Å². The molecule has 1 aromatic rings. The van der Waals surface area contributed by atoms with Gasteiger partial charge in [0.1, 0.15) is 0 Å². The highest BCUT2D eigenvalue weighted by atomic mass is 32.2. The predicted molar refractivity (Wildman–Crippen MR) is 72.4 cm³/mol. The van der Waals surface area contributed by atoms with E-state index in [0.717, 1.165) is 0 Å². The summed E-state index contributed by atoms with van der Waals surface area (Å²) in [5.41, 5.74) is 0.269. The first-order valence-corrected chi connectivity index (χ1v) is 7.05. The Kier molecular flexibility index (Phi) is 5.08. The van der Waals surface area contributed by atoms with Gasteiger partial charge in [-0.15, -0.1) is 0 Å². The van der Waals surface area contributed by atoms with Crippen LogP contribution in [0.1, 0.15) is 13.8 Å². The first-order valence-electron chi connectivity index (χ1n) is 5.61. The van der Waals surface area contributed by atoms with Gasteiger partial charge in [-0.25, -0.2) is 4.79 Å². The SMILES string of the molecule is CC(C)/C=C/NC(=O)Nc1cccc(S(=O)(=O)O)c1. The molecule has 0 radical (unpaired) electrons. The molecule has 0 aliphatic carbocycles. The van der Waals surface area contributed by atoms with Crippen LogP contribution in [0, 0.1) is 5.92 Å². The summed E-state index contributed by atoms with van der Waals surface area (Å²) < 4.78 is 30.8. The van der Waals surface area contributed by atoms with Crippen LogP contribution in [0.5, 0.6) is 0 Å². The molecule has 0 atom stereocenters. The van der Waals surface area contributed by atoms with Gasteiger partial charge in [-0.2, -0.15) is 8.42 Å². The number of carbonyl (C=O) groups excluding carboxylic acids is 1. The van der Waals surface area contributed by atoms with E-state index in [1.54, 1.807) is 6.08 Å². The van der Waals surface area contributed by atoms with Crippen molar-refractivity contribution in [1.82, 2.24) is 5.32 Å². The normalized spacial score (nSPS) is 11.8. The van der Waals surface area contributed by atoms with Crippen molar-refractivity contribution in [3.8, 4) is 0 Å². The van der Waals surface area contributed by atoms with Gasteiger partial charge in [0.25, 0.3) is 10.1 Å². The summed E-state index contributed by atoms with van der Waals surface area (Å²) in [5, 5.41) is 4.93. The third-order valence-corrected chi connectivity index (χ3v) is 2.93. The standard InChI is InChI=1S/C12H16N2O4S/c1-9(2)6-7-13-12(15)14-10-4-3-5-11(8-10)19(16,17)18/h3-9H,1-2H3,(H2,13,14,15)(H,16,17,18)/b7-6+. The monoisotopic (exact) mass is 284 g/mol. The van der Waals surface area contributed by atoms with Crippen LogP contribution >= 0.6 is 0 Å². The number of nitrogens with one attached hydrogen (secondary N) is 2. The Labute approximate surface area is 112 Å². The first-order chi connectivity index (χ1) is 8.79. The number of carbonyl (C=O) groups is 1. The summed E-state index contributed by atoms with van der Waals surface area (Å²) in [4.78, 5) is 11.2. The zero-order valence-corrected chi connectivity index (χ0v) is 11.4. The van der Waals surface area contributed by atoms with Crippen molar-refractivity contribution in [2.45, 2.75) is 18.7 Å². The molecule has 0 aromatic heterocycles. The van der Waals surface area contributed by atoms with Crippen molar-refractivity contribution >= 4 is 21.8 Å². The molecule has 0 saturated carbocycles. The summed E-state index contributed by atoms with van der Waals surface area (Å²) >= 11 is 0. The quantitative estimate of drug-likeness (QED) is 0.739. The van der Waals surface area contributed by atoms with Crippen molar-refractivity contribution in [2.24, 2.45) is 5.92 Å². The maximum atomic E-state index is 11.5. The minimum atomic E-state index is -4.27.